The van der Waals surface area contributed by atoms with Gasteiger partial charge in [0.05, 0.1) is 6.61 Å². The molecule has 0 radical (unpaired) electrons. The number of aryl methyl sites for hydroxylation is 1. The van der Waals surface area contributed by atoms with Crippen molar-refractivity contribution in [2.45, 2.75) is 32.6 Å². The van der Waals surface area contributed by atoms with Gasteiger partial charge in [0.25, 0.3) is 0 Å². The van der Waals surface area contributed by atoms with Gasteiger partial charge in [-0.15, -0.1) is 0 Å². The Hall–Kier alpha value is -3.15. The van der Waals surface area contributed by atoms with Crippen LogP contribution in [0.4, 0.5) is 5.69 Å². The molecule has 0 spiro atoms. The fourth-order valence-corrected chi connectivity index (χ4v) is 2.55. The van der Waals surface area contributed by atoms with E-state index in [0.29, 0.717) is 30.0 Å². The maximum Gasteiger partial charge on any atom is 0.303 e. The summed E-state index contributed by atoms with van der Waals surface area (Å²) in [7, 11) is 0. The molecule has 6 heteroatoms. The Morgan fingerprint density at radius 1 is 1.00 bits per heavy atom. The summed E-state index contributed by atoms with van der Waals surface area (Å²) in [5.74, 6) is -0.528. The summed E-state index contributed by atoms with van der Waals surface area (Å²) in [6.45, 7) is 2.45. The first-order valence-electron chi connectivity index (χ1n) is 8.84. The minimum absolute atomic E-state index is 0.0357. The van der Waals surface area contributed by atoms with Crippen LogP contribution in [0.25, 0.3) is 0 Å². The topological polar surface area (TPSA) is 92.7 Å². The van der Waals surface area contributed by atoms with Crippen molar-refractivity contribution in [2.24, 2.45) is 0 Å². The molecular formula is C21H23NO5. The van der Waals surface area contributed by atoms with E-state index >= 15 is 0 Å². The molecule has 0 saturated carbocycles. The number of Topliss-reactive ketones (excluding diaryl/α,β-unsaturated/α-hetero) is 1. The number of hydrogen-bond acceptors (Lipinski definition) is 4. The van der Waals surface area contributed by atoms with Gasteiger partial charge < -0.3 is 15.2 Å². The van der Waals surface area contributed by atoms with Crippen LogP contribution in [-0.4, -0.2) is 29.4 Å². The summed E-state index contributed by atoms with van der Waals surface area (Å²) in [6, 6.07) is 13.9. The number of ketones is 1. The van der Waals surface area contributed by atoms with Gasteiger partial charge in [-0.05, 0) is 55.3 Å². The van der Waals surface area contributed by atoms with Crippen molar-refractivity contribution in [3.05, 3.63) is 59.7 Å². The van der Waals surface area contributed by atoms with Gasteiger partial charge in [0.2, 0.25) is 5.91 Å². The Bertz CT molecular complexity index is 798. The number of carbonyl (C=O) groups is 3. The molecule has 6 nitrogen and oxygen atoms in total. The third-order valence-corrected chi connectivity index (χ3v) is 3.90. The van der Waals surface area contributed by atoms with Crippen molar-refractivity contribution in [1.82, 2.24) is 0 Å². The maximum absolute atomic E-state index is 12.2. The van der Waals surface area contributed by atoms with E-state index < -0.39 is 5.97 Å². The Morgan fingerprint density at radius 3 is 2.41 bits per heavy atom. The number of rotatable bonds is 10. The van der Waals surface area contributed by atoms with E-state index in [9.17, 15) is 14.4 Å². The molecular weight excluding hydrogens is 346 g/mol. The minimum atomic E-state index is -0.864. The van der Waals surface area contributed by atoms with Crippen LogP contribution in [-0.2, 0) is 16.0 Å². The van der Waals surface area contributed by atoms with Gasteiger partial charge in [0.1, 0.15) is 5.75 Å². The highest BCUT2D eigenvalue weighted by molar-refractivity contribution is 6.00. The first-order valence-corrected chi connectivity index (χ1v) is 8.84. The maximum atomic E-state index is 12.2. The number of aliphatic carboxylic acids is 1. The van der Waals surface area contributed by atoms with Gasteiger partial charge in [0.15, 0.2) is 5.78 Å². The molecule has 0 aliphatic carbocycles. The van der Waals surface area contributed by atoms with E-state index in [1.54, 1.807) is 42.5 Å². The number of amides is 1. The highest BCUT2D eigenvalue weighted by Gasteiger charge is 2.10. The van der Waals surface area contributed by atoms with Crippen molar-refractivity contribution in [1.29, 1.82) is 0 Å². The zero-order valence-electron chi connectivity index (χ0n) is 15.2. The third-order valence-electron chi connectivity index (χ3n) is 3.90. The van der Waals surface area contributed by atoms with Crippen LogP contribution in [0.15, 0.2) is 48.5 Å². The number of carboxylic acids is 1. The molecule has 1 amide bonds. The number of anilines is 1. The fourth-order valence-electron chi connectivity index (χ4n) is 2.55. The Morgan fingerprint density at radius 2 is 1.74 bits per heavy atom. The zero-order valence-corrected chi connectivity index (χ0v) is 15.2. The standard InChI is InChI=1S/C21H23NO5/c1-2-27-18-9-7-16(8-10-18)19(23)11-12-20(24)22-17-5-3-4-15(14-17)6-13-21(25)26/h3-5,7-10,14H,2,6,11-13H2,1H3,(H,22,24)(H,25,26). The van der Waals surface area contributed by atoms with Crippen LogP contribution in [0.1, 0.15) is 42.1 Å². The highest BCUT2D eigenvalue weighted by atomic mass is 16.5. The lowest BCUT2D eigenvalue weighted by molar-refractivity contribution is -0.137. The van der Waals surface area contributed by atoms with E-state index in [4.69, 9.17) is 9.84 Å². The lowest BCUT2D eigenvalue weighted by atomic mass is 10.1. The van der Waals surface area contributed by atoms with E-state index in [1.165, 1.54) is 0 Å². The molecule has 0 aliphatic rings. The molecule has 2 aromatic carbocycles. The molecule has 0 aliphatic heterocycles. The molecule has 0 heterocycles. The monoisotopic (exact) mass is 369 g/mol. The van der Waals surface area contributed by atoms with E-state index in [0.717, 1.165) is 5.56 Å². The molecule has 2 aromatic rings. The Balaban J connectivity index is 1.84. The van der Waals surface area contributed by atoms with Gasteiger partial charge in [-0.1, -0.05) is 12.1 Å². The van der Waals surface area contributed by atoms with Crippen molar-refractivity contribution in [3.8, 4) is 5.75 Å². The predicted molar refractivity (Wildman–Crippen MR) is 102 cm³/mol. The quantitative estimate of drug-likeness (QED) is 0.623. The number of carbonyl (C=O) groups excluding carboxylic acids is 2. The van der Waals surface area contributed by atoms with Gasteiger partial charge in [0, 0.05) is 30.5 Å². The SMILES string of the molecule is CCOc1ccc(C(=O)CCC(=O)Nc2cccc(CCC(=O)O)c2)cc1. The molecule has 0 bridgehead atoms. The zero-order chi connectivity index (χ0) is 19.6. The second-order valence-electron chi connectivity index (χ2n) is 6.02. The number of hydrogen-bond donors (Lipinski definition) is 2. The lowest BCUT2D eigenvalue weighted by Gasteiger charge is -2.07. The first kappa shape index (κ1) is 20.2. The van der Waals surface area contributed by atoms with Crippen LogP contribution >= 0.6 is 0 Å². The van der Waals surface area contributed by atoms with E-state index in [2.05, 4.69) is 5.32 Å². The van der Waals surface area contributed by atoms with Crippen LogP contribution in [0.2, 0.25) is 0 Å². The van der Waals surface area contributed by atoms with Crippen molar-refractivity contribution in [2.75, 3.05) is 11.9 Å². The average molecular weight is 369 g/mol. The molecule has 142 valence electrons. The van der Waals surface area contributed by atoms with Gasteiger partial charge in [-0.3, -0.25) is 14.4 Å². The summed E-state index contributed by atoms with van der Waals surface area (Å²) in [5, 5.41) is 11.5. The summed E-state index contributed by atoms with van der Waals surface area (Å²) in [6.07, 6.45) is 0.618. The van der Waals surface area contributed by atoms with Gasteiger partial charge in [-0.25, -0.2) is 0 Å². The third kappa shape index (κ3) is 6.93. The molecule has 2 rings (SSSR count). The summed E-state index contributed by atoms with van der Waals surface area (Å²) in [4.78, 5) is 34.9. The van der Waals surface area contributed by atoms with Crippen LogP contribution in [0.3, 0.4) is 0 Å². The molecule has 0 atom stereocenters. The van der Waals surface area contributed by atoms with Gasteiger partial charge >= 0.3 is 5.97 Å². The molecule has 0 unspecified atom stereocenters. The second kappa shape index (κ2) is 10.1. The van der Waals surface area contributed by atoms with E-state index in [-0.39, 0.29) is 31.0 Å². The molecule has 0 saturated heterocycles. The second-order valence-corrected chi connectivity index (χ2v) is 6.02. The smallest absolute Gasteiger partial charge is 0.303 e. The average Bonchev–Trinajstić information content (AvgIpc) is 2.65. The molecule has 27 heavy (non-hydrogen) atoms. The van der Waals surface area contributed by atoms with Crippen molar-refractivity contribution in [3.63, 3.8) is 0 Å². The van der Waals surface area contributed by atoms with Gasteiger partial charge in [-0.2, -0.15) is 0 Å². The first-order chi connectivity index (χ1) is 13.0. The lowest BCUT2D eigenvalue weighted by Crippen LogP contribution is -2.13. The van der Waals surface area contributed by atoms with Crippen LogP contribution in [0, 0.1) is 0 Å². The van der Waals surface area contributed by atoms with Crippen LogP contribution < -0.4 is 10.1 Å². The van der Waals surface area contributed by atoms with Crippen LogP contribution in [0.5, 0.6) is 5.75 Å². The highest BCUT2D eigenvalue weighted by Crippen LogP contribution is 2.15. The molecule has 2 N–H and O–H groups in total. The van der Waals surface area contributed by atoms with E-state index in [1.807, 2.05) is 13.0 Å². The number of carboxylic acid groups (broad SMARTS) is 1. The molecule has 0 aromatic heterocycles. The Kier molecular flexibility index (Phi) is 7.55. The predicted octanol–water partition coefficient (Wildman–Crippen LogP) is 3.70. The minimum Gasteiger partial charge on any atom is -0.494 e. The number of nitrogens with one attached hydrogen (secondary N) is 1. The summed E-state index contributed by atoms with van der Waals surface area (Å²) >= 11 is 0. The number of ether oxygens (including phenoxy) is 1. The Labute approximate surface area is 158 Å². The number of benzene rings is 2. The summed E-state index contributed by atoms with van der Waals surface area (Å²) in [5.41, 5.74) is 1.97. The van der Waals surface area contributed by atoms with Crippen molar-refractivity contribution >= 4 is 23.3 Å². The summed E-state index contributed by atoms with van der Waals surface area (Å²) < 4.78 is 5.34. The fraction of sp³-hybridized carbons (Fsp3) is 0.286. The van der Waals surface area contributed by atoms with Crippen molar-refractivity contribution < 1.29 is 24.2 Å². The largest absolute Gasteiger partial charge is 0.494 e. The normalized spacial score (nSPS) is 10.3. The molecule has 0 fully saturated rings.